The molecule has 0 aromatic heterocycles. The normalized spacial score (nSPS) is 18.9. The summed E-state index contributed by atoms with van der Waals surface area (Å²) in [6, 6.07) is -0.376. The van der Waals surface area contributed by atoms with Gasteiger partial charge in [-0.1, -0.05) is 6.08 Å². The second kappa shape index (κ2) is 5.94. The van der Waals surface area contributed by atoms with E-state index >= 15 is 0 Å². The summed E-state index contributed by atoms with van der Waals surface area (Å²) in [6.07, 6.45) is 6.90. The van der Waals surface area contributed by atoms with Crippen LogP contribution >= 0.6 is 0 Å². The summed E-state index contributed by atoms with van der Waals surface area (Å²) in [5, 5.41) is 0. The van der Waals surface area contributed by atoms with Crippen LogP contribution < -0.4 is 5.73 Å². The zero-order chi connectivity index (χ0) is 10.4. The Labute approximate surface area is 85.3 Å². The van der Waals surface area contributed by atoms with Gasteiger partial charge in [0.05, 0.1) is 6.04 Å². The van der Waals surface area contributed by atoms with Crippen LogP contribution in [0.15, 0.2) is 11.6 Å². The number of hydrogen-bond donors (Lipinski definition) is 1. The van der Waals surface area contributed by atoms with Gasteiger partial charge in [-0.25, -0.2) is 0 Å². The van der Waals surface area contributed by atoms with Crippen LogP contribution in [-0.4, -0.2) is 25.5 Å². The van der Waals surface area contributed by atoms with E-state index in [0.717, 1.165) is 24.8 Å². The Morgan fingerprint density at radius 1 is 1.64 bits per heavy atom. The number of carbonyl (C=O) groups is 1. The lowest BCUT2D eigenvalue weighted by Gasteiger charge is -2.15. The molecule has 0 aromatic carbocycles. The van der Waals surface area contributed by atoms with Crippen LogP contribution in [0.1, 0.15) is 32.1 Å². The Kier molecular flexibility index (Phi) is 4.84. The van der Waals surface area contributed by atoms with E-state index in [-0.39, 0.29) is 11.8 Å². The average molecular weight is 197 g/mol. The molecule has 0 spiro atoms. The van der Waals surface area contributed by atoms with Crippen molar-refractivity contribution >= 4 is 5.78 Å². The molecule has 1 atom stereocenters. The first-order valence-electron chi connectivity index (χ1n) is 5.23. The van der Waals surface area contributed by atoms with Crippen molar-refractivity contribution in [1.29, 1.82) is 0 Å². The second-order valence-electron chi connectivity index (χ2n) is 3.73. The van der Waals surface area contributed by atoms with E-state index in [1.807, 2.05) is 6.08 Å². The first kappa shape index (κ1) is 11.4. The van der Waals surface area contributed by atoms with Crippen LogP contribution in [0.2, 0.25) is 0 Å². The van der Waals surface area contributed by atoms with Crippen LogP contribution in [-0.2, 0) is 9.53 Å². The number of hydrogen-bond acceptors (Lipinski definition) is 3. The topological polar surface area (TPSA) is 52.3 Å². The number of carbonyl (C=O) groups excluding carboxylic acids is 1. The van der Waals surface area contributed by atoms with Crippen molar-refractivity contribution in [1.82, 2.24) is 0 Å². The van der Waals surface area contributed by atoms with Gasteiger partial charge < -0.3 is 10.5 Å². The third-order valence-corrected chi connectivity index (χ3v) is 2.58. The number of Topliss-reactive ketones (excluding diaryl/α,β-unsaturated/α-hetero) is 1. The van der Waals surface area contributed by atoms with Crippen LogP contribution in [0.5, 0.6) is 0 Å². The summed E-state index contributed by atoms with van der Waals surface area (Å²) in [4.78, 5) is 11.8. The van der Waals surface area contributed by atoms with Crippen LogP contribution in [0.25, 0.3) is 0 Å². The van der Waals surface area contributed by atoms with Gasteiger partial charge >= 0.3 is 0 Å². The Hall–Kier alpha value is -0.670. The van der Waals surface area contributed by atoms with Crippen molar-refractivity contribution in [2.24, 2.45) is 5.73 Å². The zero-order valence-corrected chi connectivity index (χ0v) is 8.79. The van der Waals surface area contributed by atoms with Crippen molar-refractivity contribution in [3.63, 3.8) is 0 Å². The van der Waals surface area contributed by atoms with E-state index in [1.165, 1.54) is 6.42 Å². The molecule has 0 saturated carbocycles. The van der Waals surface area contributed by atoms with Crippen molar-refractivity contribution in [3.05, 3.63) is 11.6 Å². The average Bonchev–Trinajstić information content (AvgIpc) is 2.26. The maximum atomic E-state index is 11.8. The second-order valence-corrected chi connectivity index (χ2v) is 3.73. The SMILES string of the molecule is COCCC(N)C(=O)C1=CCCCC1. The summed E-state index contributed by atoms with van der Waals surface area (Å²) in [7, 11) is 1.62. The molecule has 1 rings (SSSR count). The monoisotopic (exact) mass is 197 g/mol. The summed E-state index contributed by atoms with van der Waals surface area (Å²) >= 11 is 0. The largest absolute Gasteiger partial charge is 0.385 e. The highest BCUT2D eigenvalue weighted by atomic mass is 16.5. The Bertz CT molecular complexity index is 223. The smallest absolute Gasteiger partial charge is 0.175 e. The fraction of sp³-hybridized carbons (Fsp3) is 0.727. The molecule has 0 aromatic rings. The highest BCUT2D eigenvalue weighted by Gasteiger charge is 2.18. The Balaban J connectivity index is 2.42. The van der Waals surface area contributed by atoms with Gasteiger partial charge in [0.25, 0.3) is 0 Å². The summed E-state index contributed by atoms with van der Waals surface area (Å²) in [5.74, 6) is 0.113. The molecule has 80 valence electrons. The molecule has 1 unspecified atom stereocenters. The fourth-order valence-corrected chi connectivity index (χ4v) is 1.68. The van der Waals surface area contributed by atoms with Crippen LogP contribution in [0.3, 0.4) is 0 Å². The standard InChI is InChI=1S/C11H19NO2/c1-14-8-7-10(12)11(13)9-5-3-2-4-6-9/h5,10H,2-4,6-8,12H2,1H3. The van der Waals surface area contributed by atoms with Crippen molar-refractivity contribution in [2.45, 2.75) is 38.1 Å². The quantitative estimate of drug-likeness (QED) is 0.725. The van der Waals surface area contributed by atoms with Gasteiger partial charge in [-0.05, 0) is 37.7 Å². The zero-order valence-electron chi connectivity index (χ0n) is 8.79. The summed E-state index contributed by atoms with van der Waals surface area (Å²) in [6.45, 7) is 0.556. The van der Waals surface area contributed by atoms with E-state index < -0.39 is 0 Å². The number of ketones is 1. The molecular formula is C11H19NO2. The molecule has 0 fully saturated rings. The maximum Gasteiger partial charge on any atom is 0.175 e. The van der Waals surface area contributed by atoms with Crippen molar-refractivity contribution in [3.8, 4) is 0 Å². The molecule has 0 saturated heterocycles. The molecule has 1 aliphatic carbocycles. The molecule has 1 aliphatic rings. The first-order valence-corrected chi connectivity index (χ1v) is 5.23. The predicted octanol–water partition coefficient (Wildman–Crippen LogP) is 1.42. The van der Waals surface area contributed by atoms with Gasteiger partial charge in [0.15, 0.2) is 5.78 Å². The molecular weight excluding hydrogens is 178 g/mol. The van der Waals surface area contributed by atoms with Gasteiger partial charge in [-0.3, -0.25) is 4.79 Å². The first-order chi connectivity index (χ1) is 6.75. The van der Waals surface area contributed by atoms with Crippen LogP contribution in [0.4, 0.5) is 0 Å². The number of nitrogens with two attached hydrogens (primary N) is 1. The van der Waals surface area contributed by atoms with Crippen LogP contribution in [0, 0.1) is 0 Å². The van der Waals surface area contributed by atoms with Crippen molar-refractivity contribution in [2.75, 3.05) is 13.7 Å². The lowest BCUT2D eigenvalue weighted by Crippen LogP contribution is -2.33. The van der Waals surface area contributed by atoms with Gasteiger partial charge in [0.2, 0.25) is 0 Å². The third kappa shape index (κ3) is 3.24. The predicted molar refractivity (Wildman–Crippen MR) is 56.0 cm³/mol. The molecule has 0 bridgehead atoms. The summed E-state index contributed by atoms with van der Waals surface area (Å²) in [5.41, 5.74) is 6.69. The number of methoxy groups -OCH3 is 1. The van der Waals surface area contributed by atoms with E-state index in [0.29, 0.717) is 13.0 Å². The number of ether oxygens (including phenoxy) is 1. The maximum absolute atomic E-state index is 11.8. The molecule has 3 nitrogen and oxygen atoms in total. The molecule has 0 aliphatic heterocycles. The van der Waals surface area contributed by atoms with E-state index in [4.69, 9.17) is 10.5 Å². The number of rotatable bonds is 5. The lowest BCUT2D eigenvalue weighted by molar-refractivity contribution is -0.117. The molecule has 3 heteroatoms. The van der Waals surface area contributed by atoms with E-state index in [9.17, 15) is 4.79 Å². The van der Waals surface area contributed by atoms with E-state index in [2.05, 4.69) is 0 Å². The highest BCUT2D eigenvalue weighted by molar-refractivity contribution is 5.99. The highest BCUT2D eigenvalue weighted by Crippen LogP contribution is 2.19. The number of allylic oxidation sites excluding steroid dienone is 1. The lowest BCUT2D eigenvalue weighted by atomic mass is 9.92. The van der Waals surface area contributed by atoms with Gasteiger partial charge in [0.1, 0.15) is 0 Å². The molecule has 14 heavy (non-hydrogen) atoms. The minimum Gasteiger partial charge on any atom is -0.385 e. The van der Waals surface area contributed by atoms with Gasteiger partial charge in [-0.15, -0.1) is 0 Å². The van der Waals surface area contributed by atoms with Gasteiger partial charge in [0, 0.05) is 13.7 Å². The molecule has 0 radical (unpaired) electrons. The molecule has 0 amide bonds. The Morgan fingerprint density at radius 2 is 2.43 bits per heavy atom. The minimum absolute atomic E-state index is 0.113. The summed E-state index contributed by atoms with van der Waals surface area (Å²) < 4.78 is 4.90. The third-order valence-electron chi connectivity index (χ3n) is 2.58. The Morgan fingerprint density at radius 3 is 3.00 bits per heavy atom. The van der Waals surface area contributed by atoms with E-state index in [1.54, 1.807) is 7.11 Å². The van der Waals surface area contributed by atoms with Crippen molar-refractivity contribution < 1.29 is 9.53 Å². The fourth-order valence-electron chi connectivity index (χ4n) is 1.68. The molecule has 2 N–H and O–H groups in total. The molecule has 0 heterocycles. The van der Waals surface area contributed by atoms with Gasteiger partial charge in [-0.2, -0.15) is 0 Å². The minimum atomic E-state index is -0.376.